The van der Waals surface area contributed by atoms with Gasteiger partial charge in [-0.2, -0.15) is 0 Å². The first-order chi connectivity index (χ1) is 8.32. The van der Waals surface area contributed by atoms with Gasteiger partial charge in [-0.25, -0.2) is 4.98 Å². The Morgan fingerprint density at radius 1 is 1.61 bits per heavy atom. The molecule has 1 amide bonds. The van der Waals surface area contributed by atoms with Gasteiger partial charge in [-0.05, 0) is 19.0 Å². The van der Waals surface area contributed by atoms with Crippen LogP contribution in [0.25, 0.3) is 0 Å². The molecule has 1 aromatic heterocycles. The van der Waals surface area contributed by atoms with Crippen LogP contribution < -0.4 is 11.1 Å². The van der Waals surface area contributed by atoms with Crippen LogP contribution in [0.15, 0.2) is 5.38 Å². The van der Waals surface area contributed by atoms with Gasteiger partial charge in [0.1, 0.15) is 0 Å². The van der Waals surface area contributed by atoms with E-state index in [2.05, 4.69) is 36.1 Å². The van der Waals surface area contributed by atoms with Crippen molar-refractivity contribution >= 4 is 22.4 Å². The van der Waals surface area contributed by atoms with Gasteiger partial charge in [-0.3, -0.25) is 9.69 Å². The number of amides is 1. The highest BCUT2D eigenvalue weighted by Crippen LogP contribution is 2.19. The molecule has 0 unspecified atom stereocenters. The molecule has 0 aliphatic carbocycles. The average molecular weight is 270 g/mol. The molecule has 0 saturated heterocycles. The summed E-state index contributed by atoms with van der Waals surface area (Å²) in [6, 6.07) is 0. The molecule has 102 valence electrons. The Morgan fingerprint density at radius 3 is 2.83 bits per heavy atom. The summed E-state index contributed by atoms with van der Waals surface area (Å²) in [6.45, 7) is 8.11. The lowest BCUT2D eigenvalue weighted by Gasteiger charge is -2.28. The van der Waals surface area contributed by atoms with Crippen LogP contribution in [0.1, 0.15) is 26.5 Å². The lowest BCUT2D eigenvalue weighted by Crippen LogP contribution is -2.36. The minimum absolute atomic E-state index is 0.0893. The fraction of sp³-hybridized carbons (Fsp3) is 0.667. The third-order valence-electron chi connectivity index (χ3n) is 2.52. The Bertz CT molecular complexity index is 403. The van der Waals surface area contributed by atoms with Gasteiger partial charge in [0.25, 0.3) is 0 Å². The quantitative estimate of drug-likeness (QED) is 0.822. The Kier molecular flexibility index (Phi) is 5.25. The molecule has 5 nitrogen and oxygen atoms in total. The smallest absolute Gasteiger partial charge is 0.223 e. The average Bonchev–Trinajstić information content (AvgIpc) is 2.63. The van der Waals surface area contributed by atoms with Crippen LogP contribution >= 0.6 is 11.3 Å². The van der Waals surface area contributed by atoms with E-state index in [0.717, 1.165) is 18.8 Å². The lowest BCUT2D eigenvalue weighted by atomic mass is 9.93. The highest BCUT2D eigenvalue weighted by molar-refractivity contribution is 7.13. The molecule has 3 N–H and O–H groups in total. The predicted molar refractivity (Wildman–Crippen MR) is 75.6 cm³/mol. The van der Waals surface area contributed by atoms with Crippen LogP contribution in [-0.2, 0) is 11.3 Å². The summed E-state index contributed by atoms with van der Waals surface area (Å²) >= 11 is 1.45. The maximum atomic E-state index is 10.9. The number of nitrogens with one attached hydrogen (secondary N) is 1. The Balaban J connectivity index is 2.52. The van der Waals surface area contributed by atoms with Crippen molar-refractivity contribution in [2.24, 2.45) is 11.1 Å². The van der Waals surface area contributed by atoms with Gasteiger partial charge in [0, 0.05) is 25.4 Å². The van der Waals surface area contributed by atoms with Crippen LogP contribution in [0, 0.1) is 5.41 Å². The predicted octanol–water partition coefficient (Wildman–Crippen LogP) is 1.52. The number of rotatable bonds is 6. The highest BCUT2D eigenvalue weighted by atomic mass is 32.1. The van der Waals surface area contributed by atoms with E-state index in [9.17, 15) is 4.79 Å². The number of nitrogens with zero attached hydrogens (tertiary/aromatic N) is 2. The SMILES string of the molecule is CC(=O)Nc1nc(CN(C)CC(C)(C)CN)cs1. The molecule has 0 saturated carbocycles. The standard InChI is InChI=1S/C12H22N4OS/c1-9(17)14-11-15-10(6-18-11)5-16(4)8-12(2,3)7-13/h6H,5,7-8,13H2,1-4H3,(H,14,15,17). The summed E-state index contributed by atoms with van der Waals surface area (Å²) in [5.41, 5.74) is 6.79. The number of aromatic nitrogens is 1. The first kappa shape index (κ1) is 15.1. The molecule has 1 heterocycles. The van der Waals surface area contributed by atoms with Crippen molar-refractivity contribution in [1.29, 1.82) is 0 Å². The summed E-state index contributed by atoms with van der Waals surface area (Å²) < 4.78 is 0. The summed E-state index contributed by atoms with van der Waals surface area (Å²) in [7, 11) is 2.05. The normalized spacial score (nSPS) is 11.9. The van der Waals surface area contributed by atoms with E-state index < -0.39 is 0 Å². The number of carbonyl (C=O) groups is 1. The lowest BCUT2D eigenvalue weighted by molar-refractivity contribution is -0.114. The summed E-state index contributed by atoms with van der Waals surface area (Å²) in [6.07, 6.45) is 0. The Hall–Kier alpha value is -0.980. The van der Waals surface area contributed by atoms with E-state index in [1.807, 2.05) is 5.38 Å². The van der Waals surface area contributed by atoms with Crippen LogP contribution in [0.5, 0.6) is 0 Å². The molecule has 1 aromatic rings. The van der Waals surface area contributed by atoms with Gasteiger partial charge >= 0.3 is 0 Å². The van der Waals surface area contributed by atoms with Crippen LogP contribution in [0.2, 0.25) is 0 Å². The summed E-state index contributed by atoms with van der Waals surface area (Å²) in [5.74, 6) is -0.0893. The minimum atomic E-state index is -0.0893. The third-order valence-corrected chi connectivity index (χ3v) is 3.32. The molecular formula is C12H22N4OS. The number of hydrogen-bond acceptors (Lipinski definition) is 5. The molecule has 0 spiro atoms. The molecule has 0 aliphatic heterocycles. The van der Waals surface area contributed by atoms with E-state index in [4.69, 9.17) is 5.73 Å². The zero-order valence-electron chi connectivity index (χ0n) is 11.5. The van der Waals surface area contributed by atoms with Crippen molar-refractivity contribution in [2.75, 3.05) is 25.5 Å². The van der Waals surface area contributed by atoms with Crippen molar-refractivity contribution in [3.8, 4) is 0 Å². The summed E-state index contributed by atoms with van der Waals surface area (Å²) in [4.78, 5) is 17.5. The molecule has 0 atom stereocenters. The molecule has 0 aliphatic rings. The molecule has 6 heteroatoms. The van der Waals surface area contributed by atoms with Gasteiger partial charge < -0.3 is 11.1 Å². The second kappa shape index (κ2) is 6.26. The number of anilines is 1. The first-order valence-electron chi connectivity index (χ1n) is 5.93. The van der Waals surface area contributed by atoms with Crippen LogP contribution in [0.4, 0.5) is 5.13 Å². The molecule has 1 rings (SSSR count). The van der Waals surface area contributed by atoms with E-state index >= 15 is 0 Å². The maximum absolute atomic E-state index is 10.9. The summed E-state index contributed by atoms with van der Waals surface area (Å²) in [5, 5.41) is 5.31. The number of carbonyl (C=O) groups excluding carboxylic acids is 1. The van der Waals surface area contributed by atoms with E-state index in [1.165, 1.54) is 18.3 Å². The monoisotopic (exact) mass is 270 g/mol. The zero-order valence-corrected chi connectivity index (χ0v) is 12.3. The second-order valence-electron chi connectivity index (χ2n) is 5.37. The van der Waals surface area contributed by atoms with Gasteiger partial charge in [-0.15, -0.1) is 11.3 Å². The highest BCUT2D eigenvalue weighted by Gasteiger charge is 2.18. The van der Waals surface area contributed by atoms with Crippen LogP contribution in [0.3, 0.4) is 0 Å². The van der Waals surface area contributed by atoms with Crippen LogP contribution in [-0.4, -0.2) is 35.9 Å². The van der Waals surface area contributed by atoms with Gasteiger partial charge in [0.05, 0.1) is 5.69 Å². The maximum Gasteiger partial charge on any atom is 0.223 e. The third kappa shape index (κ3) is 5.12. The van der Waals surface area contributed by atoms with Gasteiger partial charge in [0.15, 0.2) is 5.13 Å². The van der Waals surface area contributed by atoms with Crippen molar-refractivity contribution in [3.05, 3.63) is 11.1 Å². The van der Waals surface area contributed by atoms with E-state index in [-0.39, 0.29) is 11.3 Å². The van der Waals surface area contributed by atoms with Crippen molar-refractivity contribution in [2.45, 2.75) is 27.3 Å². The topological polar surface area (TPSA) is 71.2 Å². The number of hydrogen-bond donors (Lipinski definition) is 2. The molecular weight excluding hydrogens is 248 g/mol. The van der Waals surface area contributed by atoms with Gasteiger partial charge in [0.2, 0.25) is 5.91 Å². The fourth-order valence-corrected chi connectivity index (χ4v) is 2.46. The number of thiazole rings is 1. The second-order valence-corrected chi connectivity index (χ2v) is 6.22. The fourth-order valence-electron chi connectivity index (χ4n) is 1.72. The van der Waals surface area contributed by atoms with E-state index in [1.54, 1.807) is 0 Å². The van der Waals surface area contributed by atoms with Crippen molar-refractivity contribution in [3.63, 3.8) is 0 Å². The number of nitrogens with two attached hydrogens (primary N) is 1. The minimum Gasteiger partial charge on any atom is -0.330 e. The molecule has 0 bridgehead atoms. The van der Waals surface area contributed by atoms with Crippen molar-refractivity contribution in [1.82, 2.24) is 9.88 Å². The molecule has 18 heavy (non-hydrogen) atoms. The molecule has 0 fully saturated rings. The largest absolute Gasteiger partial charge is 0.330 e. The van der Waals surface area contributed by atoms with E-state index in [0.29, 0.717) is 11.7 Å². The molecule has 0 radical (unpaired) electrons. The molecule has 0 aromatic carbocycles. The van der Waals surface area contributed by atoms with Gasteiger partial charge in [-0.1, -0.05) is 13.8 Å². The first-order valence-corrected chi connectivity index (χ1v) is 6.81. The van der Waals surface area contributed by atoms with Crippen molar-refractivity contribution < 1.29 is 4.79 Å². The Morgan fingerprint density at radius 2 is 2.28 bits per heavy atom. The zero-order chi connectivity index (χ0) is 13.8. The Labute approximate surface area is 112 Å².